The van der Waals surface area contributed by atoms with E-state index >= 15 is 0 Å². The summed E-state index contributed by atoms with van der Waals surface area (Å²) in [5.41, 5.74) is 2.95. The number of nitrogens with zero attached hydrogens (tertiary/aromatic N) is 2. The fourth-order valence-electron chi connectivity index (χ4n) is 2.43. The molecule has 3 nitrogen and oxygen atoms in total. The molecule has 0 fully saturated rings. The van der Waals surface area contributed by atoms with Gasteiger partial charge in [-0.3, -0.25) is 4.90 Å². The molecule has 1 aromatic carbocycles. The van der Waals surface area contributed by atoms with E-state index in [1.54, 1.807) is 12.0 Å². The average Bonchev–Trinajstić information content (AvgIpc) is 2.91. The Morgan fingerprint density at radius 1 is 1.36 bits per heavy atom. The third kappa shape index (κ3) is 5.84. The van der Waals surface area contributed by atoms with Gasteiger partial charge in [0, 0.05) is 20.1 Å². The average molecular weight is 341 g/mol. The SMILES string of the molecule is C#CCN(C)C1CCc2ccccc21.COC(=S)N(C)C.Cl. The molecule has 122 valence electrons. The van der Waals surface area contributed by atoms with Gasteiger partial charge in [-0.1, -0.05) is 30.2 Å². The van der Waals surface area contributed by atoms with Crippen molar-refractivity contribution in [1.82, 2.24) is 9.80 Å². The molecule has 0 amide bonds. The van der Waals surface area contributed by atoms with E-state index in [1.807, 2.05) is 14.1 Å². The van der Waals surface area contributed by atoms with E-state index in [2.05, 4.69) is 59.1 Å². The van der Waals surface area contributed by atoms with Gasteiger partial charge in [0.05, 0.1) is 13.7 Å². The van der Waals surface area contributed by atoms with Crippen molar-refractivity contribution in [2.45, 2.75) is 18.9 Å². The molecule has 1 atom stereocenters. The molecule has 0 saturated heterocycles. The number of halogens is 1. The van der Waals surface area contributed by atoms with Crippen LogP contribution in [0.1, 0.15) is 23.6 Å². The number of hydrogen-bond acceptors (Lipinski definition) is 3. The first kappa shape index (κ1) is 20.7. The van der Waals surface area contributed by atoms with Crippen molar-refractivity contribution < 1.29 is 4.74 Å². The van der Waals surface area contributed by atoms with Gasteiger partial charge in [-0.05, 0) is 43.2 Å². The maximum atomic E-state index is 5.33. The number of hydrogen-bond donors (Lipinski definition) is 0. The molecule has 1 aromatic rings. The van der Waals surface area contributed by atoms with E-state index in [-0.39, 0.29) is 12.4 Å². The molecule has 5 heteroatoms. The second-order valence-corrected chi connectivity index (χ2v) is 5.59. The topological polar surface area (TPSA) is 15.7 Å². The Morgan fingerprint density at radius 2 is 2.00 bits per heavy atom. The number of terminal acetylenes is 1. The zero-order chi connectivity index (χ0) is 15.8. The monoisotopic (exact) mass is 340 g/mol. The Labute approximate surface area is 146 Å². The lowest BCUT2D eigenvalue weighted by atomic mass is 10.1. The molecule has 0 N–H and O–H groups in total. The highest BCUT2D eigenvalue weighted by atomic mass is 35.5. The van der Waals surface area contributed by atoms with Gasteiger partial charge >= 0.3 is 0 Å². The van der Waals surface area contributed by atoms with Crippen LogP contribution in [0.25, 0.3) is 0 Å². The molecule has 0 heterocycles. The van der Waals surface area contributed by atoms with Crippen LogP contribution in [0, 0.1) is 12.3 Å². The summed E-state index contributed by atoms with van der Waals surface area (Å²) in [4.78, 5) is 3.99. The highest BCUT2D eigenvalue weighted by Gasteiger charge is 2.24. The second-order valence-electron chi connectivity index (χ2n) is 5.24. The maximum Gasteiger partial charge on any atom is 0.258 e. The van der Waals surface area contributed by atoms with Gasteiger partial charge in [-0.15, -0.1) is 18.8 Å². The van der Waals surface area contributed by atoms with Gasteiger partial charge in [0.1, 0.15) is 0 Å². The molecule has 0 aromatic heterocycles. The second kappa shape index (κ2) is 10.4. The van der Waals surface area contributed by atoms with Crippen LogP contribution in [0.3, 0.4) is 0 Å². The molecule has 2 rings (SSSR count). The fourth-order valence-corrected chi connectivity index (χ4v) is 2.43. The summed E-state index contributed by atoms with van der Waals surface area (Å²) in [6, 6.07) is 9.20. The van der Waals surface area contributed by atoms with Gasteiger partial charge in [0.2, 0.25) is 0 Å². The molecule has 1 unspecified atom stereocenters. The predicted molar refractivity (Wildman–Crippen MR) is 99.5 cm³/mol. The number of benzene rings is 1. The van der Waals surface area contributed by atoms with E-state index in [0.717, 1.165) is 6.54 Å². The lowest BCUT2D eigenvalue weighted by Crippen LogP contribution is -2.23. The number of thiocarbonyl (C=S) groups is 1. The number of aryl methyl sites for hydroxylation is 1. The quantitative estimate of drug-likeness (QED) is 0.607. The minimum absolute atomic E-state index is 0. The molecule has 0 radical (unpaired) electrons. The Morgan fingerprint density at radius 3 is 2.50 bits per heavy atom. The third-order valence-electron chi connectivity index (χ3n) is 3.51. The first-order valence-electron chi connectivity index (χ1n) is 6.98. The summed E-state index contributed by atoms with van der Waals surface area (Å²) < 4.78 is 4.67. The van der Waals surface area contributed by atoms with Crippen molar-refractivity contribution in [2.75, 3.05) is 34.8 Å². The lowest BCUT2D eigenvalue weighted by Gasteiger charge is -2.22. The molecular formula is C17H25ClN2OS. The number of fused-ring (bicyclic) bond motifs is 1. The minimum Gasteiger partial charge on any atom is -0.474 e. The van der Waals surface area contributed by atoms with Crippen molar-refractivity contribution in [3.8, 4) is 12.3 Å². The van der Waals surface area contributed by atoms with E-state index in [1.165, 1.54) is 24.0 Å². The van der Waals surface area contributed by atoms with Crippen molar-refractivity contribution in [3.63, 3.8) is 0 Å². The molecule has 1 aliphatic carbocycles. The van der Waals surface area contributed by atoms with E-state index in [9.17, 15) is 0 Å². The first-order valence-corrected chi connectivity index (χ1v) is 7.38. The summed E-state index contributed by atoms with van der Waals surface area (Å²) in [5.74, 6) is 2.70. The Balaban J connectivity index is 0.000000478. The summed E-state index contributed by atoms with van der Waals surface area (Å²) in [7, 11) is 7.34. The van der Waals surface area contributed by atoms with Gasteiger partial charge < -0.3 is 9.64 Å². The summed E-state index contributed by atoms with van der Waals surface area (Å²) in [6.07, 6.45) is 7.72. The molecule has 0 bridgehead atoms. The minimum atomic E-state index is 0. The van der Waals surface area contributed by atoms with E-state index in [4.69, 9.17) is 6.42 Å². The van der Waals surface area contributed by atoms with Gasteiger partial charge in [-0.2, -0.15) is 0 Å². The fraction of sp³-hybridized carbons (Fsp3) is 0.471. The van der Waals surface area contributed by atoms with Crippen molar-refractivity contribution in [2.24, 2.45) is 0 Å². The van der Waals surface area contributed by atoms with Crippen molar-refractivity contribution in [1.29, 1.82) is 0 Å². The molecule has 0 aliphatic heterocycles. The zero-order valence-electron chi connectivity index (χ0n) is 13.7. The van der Waals surface area contributed by atoms with Gasteiger partial charge in [0.25, 0.3) is 5.17 Å². The van der Waals surface area contributed by atoms with E-state index in [0.29, 0.717) is 11.2 Å². The molecule has 0 saturated carbocycles. The third-order valence-corrected chi connectivity index (χ3v) is 4.05. The molecular weight excluding hydrogens is 316 g/mol. The van der Waals surface area contributed by atoms with Crippen molar-refractivity contribution in [3.05, 3.63) is 35.4 Å². The van der Waals surface area contributed by atoms with Crippen molar-refractivity contribution >= 4 is 29.8 Å². The predicted octanol–water partition coefficient (Wildman–Crippen LogP) is 3.14. The van der Waals surface area contributed by atoms with E-state index < -0.39 is 0 Å². The first-order chi connectivity index (χ1) is 10.0. The summed E-state index contributed by atoms with van der Waals surface area (Å²) >= 11 is 4.68. The van der Waals surface area contributed by atoms with Crippen LogP contribution in [-0.2, 0) is 11.2 Å². The molecule has 22 heavy (non-hydrogen) atoms. The maximum absolute atomic E-state index is 5.33. The number of rotatable bonds is 2. The van der Waals surface area contributed by atoms with Gasteiger partial charge in [0.15, 0.2) is 0 Å². The zero-order valence-corrected chi connectivity index (χ0v) is 15.3. The van der Waals surface area contributed by atoms with Crippen LogP contribution in [-0.4, -0.2) is 49.8 Å². The summed E-state index contributed by atoms with van der Waals surface area (Å²) in [5, 5.41) is 0.514. The largest absolute Gasteiger partial charge is 0.474 e. The van der Waals surface area contributed by atoms with Crippen LogP contribution in [0.15, 0.2) is 24.3 Å². The Kier molecular flexibility index (Phi) is 9.84. The molecule has 1 aliphatic rings. The van der Waals surface area contributed by atoms with Crippen LogP contribution in [0.5, 0.6) is 0 Å². The summed E-state index contributed by atoms with van der Waals surface area (Å²) in [6.45, 7) is 0.735. The lowest BCUT2D eigenvalue weighted by molar-refractivity contribution is 0.274. The van der Waals surface area contributed by atoms with Crippen LogP contribution in [0.2, 0.25) is 0 Å². The van der Waals surface area contributed by atoms with Crippen LogP contribution in [0.4, 0.5) is 0 Å². The number of ether oxygens (including phenoxy) is 1. The highest BCUT2D eigenvalue weighted by molar-refractivity contribution is 7.79. The number of methoxy groups -OCH3 is 1. The Bertz CT molecular complexity index is 514. The standard InChI is InChI=1S/C13H15N.C4H9NOS.ClH/c1-3-10-14(2)13-9-8-11-6-4-5-7-12(11)13;1-5(2)4(7)6-3;/h1,4-7,13H,8-10H2,2H3;1-3H3;1H. The normalized spacial score (nSPS) is 14.8. The highest BCUT2D eigenvalue weighted by Crippen LogP contribution is 2.34. The Hall–Kier alpha value is -1.28. The van der Waals surface area contributed by atoms with Crippen LogP contribution < -0.4 is 0 Å². The molecule has 0 spiro atoms. The van der Waals surface area contributed by atoms with Crippen LogP contribution >= 0.6 is 24.6 Å². The smallest absolute Gasteiger partial charge is 0.258 e. The van der Waals surface area contributed by atoms with Gasteiger partial charge in [-0.25, -0.2) is 0 Å².